The van der Waals surface area contributed by atoms with Gasteiger partial charge in [-0.25, -0.2) is 0 Å². The molecule has 1 saturated heterocycles. The van der Waals surface area contributed by atoms with Gasteiger partial charge in [0.2, 0.25) is 0 Å². The number of rotatable bonds is 5. The summed E-state index contributed by atoms with van der Waals surface area (Å²) < 4.78 is 5.83. The molecule has 2 aliphatic rings. The van der Waals surface area contributed by atoms with Gasteiger partial charge in [-0.05, 0) is 23.6 Å². The maximum Gasteiger partial charge on any atom is 0.321 e. The molecule has 4 nitrogen and oxygen atoms in total. The van der Waals surface area contributed by atoms with Crippen molar-refractivity contribution in [2.75, 3.05) is 5.75 Å². The van der Waals surface area contributed by atoms with Gasteiger partial charge in [-0.1, -0.05) is 36.4 Å². The second kappa shape index (κ2) is 7.03. The number of aliphatic carboxylic acids is 1. The monoisotopic (exact) mass is 317 g/mol. The normalized spacial score (nSPS) is 24.5. The third-order valence-electron chi connectivity index (χ3n) is 3.83. The highest BCUT2D eigenvalue weighted by Gasteiger charge is 2.31. The fourth-order valence-electron chi connectivity index (χ4n) is 2.55. The summed E-state index contributed by atoms with van der Waals surface area (Å²) >= 11 is 1.67. The number of allylic oxidation sites excluding steroid dienone is 3. The number of carboxylic acid groups (broad SMARTS) is 1. The summed E-state index contributed by atoms with van der Waals surface area (Å²) in [6.07, 6.45) is 5.86. The molecule has 1 aromatic rings. The van der Waals surface area contributed by atoms with Gasteiger partial charge in [0.25, 0.3) is 0 Å². The molecule has 5 heteroatoms. The molecule has 1 fully saturated rings. The number of nitrogens with one attached hydrogen (secondary N) is 1. The molecular weight excluding hydrogens is 298 g/mol. The van der Waals surface area contributed by atoms with Crippen LogP contribution >= 0.6 is 11.8 Å². The van der Waals surface area contributed by atoms with E-state index in [0.29, 0.717) is 12.4 Å². The first kappa shape index (κ1) is 15.2. The van der Waals surface area contributed by atoms with Crippen LogP contribution in [0.4, 0.5) is 0 Å². The Morgan fingerprint density at radius 3 is 2.73 bits per heavy atom. The number of carboxylic acids is 1. The molecule has 0 aromatic heterocycles. The highest BCUT2D eigenvalue weighted by atomic mass is 32.2. The summed E-state index contributed by atoms with van der Waals surface area (Å²) in [7, 11) is 0. The predicted molar refractivity (Wildman–Crippen MR) is 87.4 cm³/mol. The predicted octanol–water partition coefficient (Wildman–Crippen LogP) is 2.92. The molecule has 1 aliphatic carbocycles. The maximum atomic E-state index is 11.0. The Labute approximate surface area is 134 Å². The van der Waals surface area contributed by atoms with Crippen LogP contribution in [0.3, 0.4) is 0 Å². The third kappa shape index (κ3) is 3.72. The van der Waals surface area contributed by atoms with E-state index in [-0.39, 0.29) is 5.37 Å². The molecule has 22 heavy (non-hydrogen) atoms. The first-order chi connectivity index (χ1) is 10.7. The van der Waals surface area contributed by atoms with Crippen molar-refractivity contribution in [3.63, 3.8) is 0 Å². The van der Waals surface area contributed by atoms with Crippen molar-refractivity contribution < 1.29 is 14.6 Å². The molecule has 0 amide bonds. The molecular formula is C17H19NO3S. The van der Waals surface area contributed by atoms with Crippen LogP contribution in [-0.4, -0.2) is 28.2 Å². The van der Waals surface area contributed by atoms with Crippen LogP contribution in [-0.2, 0) is 16.1 Å². The van der Waals surface area contributed by atoms with E-state index in [9.17, 15) is 4.79 Å². The Bertz CT molecular complexity index is 597. The second-order valence-corrected chi connectivity index (χ2v) is 6.56. The van der Waals surface area contributed by atoms with E-state index in [0.717, 1.165) is 24.2 Å². The number of carbonyl (C=O) groups is 1. The summed E-state index contributed by atoms with van der Waals surface area (Å²) in [5.41, 5.74) is 2.41. The summed E-state index contributed by atoms with van der Waals surface area (Å²) in [5, 5.41) is 12.3. The minimum absolute atomic E-state index is 0.119. The lowest BCUT2D eigenvalue weighted by atomic mass is 10.0. The van der Waals surface area contributed by atoms with Gasteiger partial charge in [-0.3, -0.25) is 10.1 Å². The zero-order valence-corrected chi connectivity index (χ0v) is 13.0. The average molecular weight is 317 g/mol. The number of benzene rings is 1. The van der Waals surface area contributed by atoms with Crippen LogP contribution in [0.5, 0.6) is 0 Å². The molecule has 2 N–H and O–H groups in total. The zero-order chi connectivity index (χ0) is 15.4. The Balaban J connectivity index is 1.54. The Morgan fingerprint density at radius 2 is 2.09 bits per heavy atom. The van der Waals surface area contributed by atoms with Gasteiger partial charge in [0.15, 0.2) is 0 Å². The number of hydrogen-bond acceptors (Lipinski definition) is 4. The Kier molecular flexibility index (Phi) is 4.85. The zero-order valence-electron chi connectivity index (χ0n) is 12.2. The molecule has 2 unspecified atom stereocenters. The topological polar surface area (TPSA) is 58.6 Å². The molecule has 0 saturated carbocycles. The fraction of sp³-hybridized carbons (Fsp3) is 0.353. The van der Waals surface area contributed by atoms with Gasteiger partial charge in [0.05, 0.1) is 11.1 Å². The van der Waals surface area contributed by atoms with Crippen molar-refractivity contribution in [2.45, 2.75) is 30.9 Å². The van der Waals surface area contributed by atoms with E-state index in [4.69, 9.17) is 9.84 Å². The molecule has 1 heterocycles. The maximum absolute atomic E-state index is 11.0. The molecule has 3 rings (SSSR count). The van der Waals surface area contributed by atoms with E-state index in [1.54, 1.807) is 11.8 Å². The van der Waals surface area contributed by atoms with Gasteiger partial charge in [0, 0.05) is 12.2 Å². The van der Waals surface area contributed by atoms with Crippen LogP contribution in [0.2, 0.25) is 0 Å². The van der Waals surface area contributed by atoms with E-state index in [1.807, 2.05) is 24.3 Å². The van der Waals surface area contributed by atoms with Gasteiger partial charge in [-0.2, -0.15) is 0 Å². The van der Waals surface area contributed by atoms with Crippen molar-refractivity contribution >= 4 is 17.7 Å². The van der Waals surface area contributed by atoms with E-state index < -0.39 is 12.0 Å². The first-order valence-corrected chi connectivity index (χ1v) is 8.44. The highest BCUT2D eigenvalue weighted by Crippen LogP contribution is 2.31. The van der Waals surface area contributed by atoms with Crippen molar-refractivity contribution in [3.05, 3.63) is 59.4 Å². The van der Waals surface area contributed by atoms with Crippen molar-refractivity contribution in [3.8, 4) is 0 Å². The SMILES string of the molecule is O=C(O)C1CSC(C2=CC=C(OCc3ccccc3)CC2)N1. The lowest BCUT2D eigenvalue weighted by molar-refractivity contribution is -0.138. The summed E-state index contributed by atoms with van der Waals surface area (Å²) in [6, 6.07) is 9.68. The Morgan fingerprint density at radius 1 is 1.27 bits per heavy atom. The smallest absolute Gasteiger partial charge is 0.321 e. The van der Waals surface area contributed by atoms with E-state index >= 15 is 0 Å². The van der Waals surface area contributed by atoms with E-state index in [2.05, 4.69) is 23.5 Å². The summed E-state index contributed by atoms with van der Waals surface area (Å²) in [6.45, 7) is 0.591. The molecule has 0 radical (unpaired) electrons. The lowest BCUT2D eigenvalue weighted by Gasteiger charge is -2.20. The number of ether oxygens (including phenoxy) is 1. The molecule has 116 valence electrons. The van der Waals surface area contributed by atoms with Crippen LogP contribution < -0.4 is 5.32 Å². The lowest BCUT2D eigenvalue weighted by Crippen LogP contribution is -2.37. The van der Waals surface area contributed by atoms with E-state index in [1.165, 1.54) is 5.57 Å². The van der Waals surface area contributed by atoms with Crippen LogP contribution in [0.25, 0.3) is 0 Å². The van der Waals surface area contributed by atoms with Gasteiger partial charge in [0.1, 0.15) is 12.6 Å². The molecule has 1 aliphatic heterocycles. The van der Waals surface area contributed by atoms with Crippen LogP contribution in [0, 0.1) is 0 Å². The fourth-order valence-corrected chi connectivity index (χ4v) is 3.85. The Hall–Kier alpha value is -1.72. The number of hydrogen-bond donors (Lipinski definition) is 2. The van der Waals surface area contributed by atoms with Crippen molar-refractivity contribution in [2.24, 2.45) is 0 Å². The van der Waals surface area contributed by atoms with Gasteiger partial charge < -0.3 is 9.84 Å². The first-order valence-electron chi connectivity index (χ1n) is 7.39. The molecule has 2 atom stereocenters. The highest BCUT2D eigenvalue weighted by molar-refractivity contribution is 8.00. The van der Waals surface area contributed by atoms with Crippen molar-refractivity contribution in [1.29, 1.82) is 0 Å². The summed E-state index contributed by atoms with van der Waals surface area (Å²) in [5.74, 6) is 0.845. The van der Waals surface area contributed by atoms with Gasteiger partial charge in [-0.15, -0.1) is 11.8 Å². The minimum atomic E-state index is -0.770. The standard InChI is InChI=1S/C17H19NO3S/c19-17(20)15-11-22-16(18-15)13-6-8-14(9-7-13)21-10-12-4-2-1-3-5-12/h1-6,8,15-16,18H,7,9-11H2,(H,19,20). The minimum Gasteiger partial charge on any atom is -0.493 e. The largest absolute Gasteiger partial charge is 0.493 e. The third-order valence-corrected chi connectivity index (χ3v) is 5.13. The second-order valence-electron chi connectivity index (χ2n) is 5.42. The summed E-state index contributed by atoms with van der Waals surface area (Å²) in [4.78, 5) is 11.0. The molecule has 0 spiro atoms. The number of thioether (sulfide) groups is 1. The molecule has 1 aromatic carbocycles. The van der Waals surface area contributed by atoms with Crippen LogP contribution in [0.1, 0.15) is 18.4 Å². The molecule has 0 bridgehead atoms. The van der Waals surface area contributed by atoms with Gasteiger partial charge >= 0.3 is 5.97 Å². The quantitative estimate of drug-likeness (QED) is 0.874. The average Bonchev–Trinajstić information content (AvgIpc) is 3.05. The van der Waals surface area contributed by atoms with Crippen molar-refractivity contribution in [1.82, 2.24) is 5.32 Å². The van der Waals surface area contributed by atoms with Crippen LogP contribution in [0.15, 0.2) is 53.8 Å².